The normalized spacial score (nSPS) is 30.2. The lowest BCUT2D eigenvalue weighted by atomic mass is 9.88. The number of hydrogen-bond acceptors (Lipinski definition) is 11. The van der Waals surface area contributed by atoms with E-state index in [1.54, 1.807) is 13.0 Å². The highest BCUT2D eigenvalue weighted by Gasteiger charge is 2.62. The smallest absolute Gasteiger partial charge is 0.472 e. The van der Waals surface area contributed by atoms with E-state index in [0.717, 1.165) is 4.90 Å². The molecule has 15 nitrogen and oxygen atoms in total. The second-order valence-corrected chi connectivity index (χ2v) is 18.5. The van der Waals surface area contributed by atoms with E-state index in [1.807, 2.05) is 13.0 Å². The van der Waals surface area contributed by atoms with Crippen molar-refractivity contribution in [2.45, 2.75) is 120 Å². The fourth-order valence-electron chi connectivity index (χ4n) is 7.83. The molecule has 2 aromatic rings. The van der Waals surface area contributed by atoms with Gasteiger partial charge >= 0.3 is 18.6 Å². The average Bonchev–Trinajstić information content (AvgIpc) is 4.03. The fraction of sp³-hybridized carbons (Fsp3) is 0.605. The van der Waals surface area contributed by atoms with Gasteiger partial charge in [0.1, 0.15) is 23.7 Å². The number of halogens is 5. The van der Waals surface area contributed by atoms with Gasteiger partial charge in [-0.15, -0.1) is 8.78 Å². The maximum Gasteiger partial charge on any atom is 0.586 e. The highest BCUT2D eigenvalue weighted by atomic mass is 32.2. The van der Waals surface area contributed by atoms with Crippen LogP contribution in [0.4, 0.5) is 26.7 Å². The molecule has 59 heavy (non-hydrogen) atoms. The molecule has 1 aromatic heterocycles. The number of aromatic nitrogens is 1. The summed E-state index contributed by atoms with van der Waals surface area (Å²) in [6, 6.07) is 1.08. The van der Waals surface area contributed by atoms with Gasteiger partial charge < -0.3 is 34.5 Å². The van der Waals surface area contributed by atoms with Gasteiger partial charge in [0.25, 0.3) is 5.91 Å². The monoisotopic (exact) mass is 857 g/mol. The number of rotatable bonds is 7. The Balaban J connectivity index is 1.22. The minimum atomic E-state index is -4.96. The summed E-state index contributed by atoms with van der Waals surface area (Å²) < 4.78 is 117. The van der Waals surface area contributed by atoms with E-state index in [4.69, 9.17) is 14.2 Å². The van der Waals surface area contributed by atoms with Crippen LogP contribution in [0, 0.1) is 17.8 Å². The first-order valence-corrected chi connectivity index (χ1v) is 20.8. The number of benzene rings is 1. The second kappa shape index (κ2) is 14.9. The van der Waals surface area contributed by atoms with Crippen LogP contribution >= 0.6 is 0 Å². The van der Waals surface area contributed by atoms with E-state index < -0.39 is 92.7 Å². The number of ether oxygens (including phenoxy) is 4. The van der Waals surface area contributed by atoms with Gasteiger partial charge in [0.15, 0.2) is 11.5 Å². The predicted molar refractivity (Wildman–Crippen MR) is 196 cm³/mol. The van der Waals surface area contributed by atoms with Crippen molar-refractivity contribution in [1.29, 1.82) is 0 Å². The molecule has 21 heteroatoms. The Bertz CT molecular complexity index is 2180. The van der Waals surface area contributed by atoms with Gasteiger partial charge in [0, 0.05) is 29.3 Å². The number of nitrogens with zero attached hydrogens (tertiary/aromatic N) is 2. The Morgan fingerprint density at radius 1 is 1.03 bits per heavy atom. The number of sulfonamides is 1. The topological polar surface area (TPSA) is 192 Å². The third-order valence-corrected chi connectivity index (χ3v) is 13.3. The number of pyridine rings is 1. The number of hydrogen-bond donors (Lipinski definition) is 3. The summed E-state index contributed by atoms with van der Waals surface area (Å²) in [5.74, 6) is -4.68. The van der Waals surface area contributed by atoms with E-state index in [0.29, 0.717) is 46.0 Å². The third kappa shape index (κ3) is 8.57. The average molecular weight is 858 g/mol. The van der Waals surface area contributed by atoms with Crippen LogP contribution in [0.1, 0.15) is 72.6 Å². The third-order valence-electron chi connectivity index (χ3n) is 11.5. The van der Waals surface area contributed by atoms with Gasteiger partial charge in [-0.1, -0.05) is 26.0 Å². The lowest BCUT2D eigenvalue weighted by molar-refractivity contribution is -0.286. The van der Waals surface area contributed by atoms with Gasteiger partial charge in [-0.05, 0) is 82.4 Å². The molecule has 0 radical (unpaired) electrons. The van der Waals surface area contributed by atoms with Crippen LogP contribution in [0.5, 0.6) is 17.4 Å². The summed E-state index contributed by atoms with van der Waals surface area (Å²) in [5.41, 5.74) is -4.63. The first-order valence-electron chi connectivity index (χ1n) is 19.3. The molecular weight excluding hydrogens is 814 g/mol. The maximum absolute atomic E-state index is 14.7. The van der Waals surface area contributed by atoms with Gasteiger partial charge in [-0.25, -0.2) is 18.2 Å². The number of allylic oxidation sites excluding steroid dienone is 1. The van der Waals surface area contributed by atoms with Crippen molar-refractivity contribution in [2.24, 2.45) is 17.8 Å². The summed E-state index contributed by atoms with van der Waals surface area (Å²) in [6.45, 7) is 4.48. The van der Waals surface area contributed by atoms with Crippen LogP contribution in [0.25, 0.3) is 10.8 Å². The largest absolute Gasteiger partial charge is 0.586 e. The highest BCUT2D eigenvalue weighted by molar-refractivity contribution is 7.91. The number of nitrogens with one attached hydrogen (secondary N) is 3. The first-order chi connectivity index (χ1) is 27.5. The van der Waals surface area contributed by atoms with Crippen molar-refractivity contribution in [1.82, 2.24) is 25.2 Å². The summed E-state index contributed by atoms with van der Waals surface area (Å²) in [6.07, 6.45) is -4.71. The minimum absolute atomic E-state index is 0.0501. The zero-order valence-corrected chi connectivity index (χ0v) is 33.3. The molecule has 322 valence electrons. The maximum atomic E-state index is 14.7. The van der Waals surface area contributed by atoms with Crippen LogP contribution in [0.2, 0.25) is 0 Å². The molecule has 7 rings (SSSR count). The van der Waals surface area contributed by atoms with Crippen LogP contribution in [-0.2, 0) is 29.1 Å². The van der Waals surface area contributed by atoms with E-state index in [1.165, 1.54) is 24.4 Å². The molecule has 5 aliphatic rings. The summed E-state index contributed by atoms with van der Waals surface area (Å²) in [7, 11) is -4.03. The Kier molecular flexibility index (Phi) is 10.7. The standard InChI is InChI=1S/C38H44F5N5O10S/c1-19-7-5-6-8-21-17-36(21,33(51)47-59(53,54)23-9-10-23)46-30(49)26-16-22(55-31-25-11-12-27-29(24(25)13-14-44-31)57-38(42,43)56-27)18-48(26)32(50)28(20(2)15-19)45-34(52)58-35(3,4)37(39,40)41/h6,8,11-14,19-23,26,28H,5,7,9-10,15-18H2,1-4H3,(H,45,52)(H,46,49)(H,47,51)/b8-6-/t19-,20+,21+,22+,26-,28-,36+/m0/s1. The fourth-order valence-corrected chi connectivity index (χ4v) is 9.19. The molecule has 0 unspecified atom stereocenters. The van der Waals surface area contributed by atoms with Crippen molar-refractivity contribution < 1.29 is 68.5 Å². The highest BCUT2D eigenvalue weighted by Crippen LogP contribution is 2.48. The van der Waals surface area contributed by atoms with E-state index in [-0.39, 0.29) is 53.5 Å². The number of carbonyl (C=O) groups is 4. The van der Waals surface area contributed by atoms with Crippen LogP contribution in [0.3, 0.4) is 0 Å². The Labute approximate surface area is 335 Å². The van der Waals surface area contributed by atoms with Crippen LogP contribution in [-0.4, -0.2) is 95.7 Å². The molecule has 0 bridgehead atoms. The molecule has 4 heterocycles. The van der Waals surface area contributed by atoms with Crippen LogP contribution in [0.15, 0.2) is 36.5 Å². The quantitative estimate of drug-likeness (QED) is 0.255. The number of carbonyl (C=O) groups excluding carboxylic acids is 4. The molecule has 3 N–H and O–H groups in total. The second-order valence-electron chi connectivity index (χ2n) is 16.5. The van der Waals surface area contributed by atoms with E-state index in [2.05, 4.69) is 25.1 Å². The van der Waals surface area contributed by atoms with Gasteiger partial charge in [-0.2, -0.15) is 13.2 Å². The summed E-state index contributed by atoms with van der Waals surface area (Å²) in [4.78, 5) is 61.3. The first kappa shape index (κ1) is 42.2. The van der Waals surface area contributed by atoms with Gasteiger partial charge in [0.05, 0.1) is 11.8 Å². The Morgan fingerprint density at radius 2 is 1.76 bits per heavy atom. The molecule has 2 aliphatic carbocycles. The van der Waals surface area contributed by atoms with Crippen molar-refractivity contribution in [3.05, 3.63) is 36.5 Å². The van der Waals surface area contributed by atoms with Crippen LogP contribution < -0.4 is 29.6 Å². The van der Waals surface area contributed by atoms with Gasteiger partial charge in [0.2, 0.25) is 33.3 Å². The molecule has 4 amide bonds. The number of alkyl halides is 5. The van der Waals surface area contributed by atoms with Crippen molar-refractivity contribution in [3.8, 4) is 17.4 Å². The zero-order valence-electron chi connectivity index (χ0n) is 32.4. The number of alkyl carbamates (subject to hydrolysis) is 1. The molecule has 1 aromatic carbocycles. The molecule has 3 aliphatic heterocycles. The molecule has 7 atom stereocenters. The van der Waals surface area contributed by atoms with Crippen molar-refractivity contribution in [2.75, 3.05) is 6.54 Å². The van der Waals surface area contributed by atoms with E-state index in [9.17, 15) is 49.5 Å². The Morgan fingerprint density at radius 3 is 2.46 bits per heavy atom. The summed E-state index contributed by atoms with van der Waals surface area (Å²) in [5, 5.41) is 4.66. The minimum Gasteiger partial charge on any atom is -0.472 e. The molecule has 0 spiro atoms. The number of fused-ring (bicyclic) bond motifs is 5. The van der Waals surface area contributed by atoms with Crippen molar-refractivity contribution in [3.63, 3.8) is 0 Å². The molecule has 3 fully saturated rings. The van der Waals surface area contributed by atoms with E-state index >= 15 is 0 Å². The SMILES string of the molecule is C[C@H]1CC/C=C\[C@@H]2C[C@@]2(C(=O)NS(=O)(=O)C2CC2)NC(=O)[C@@H]2C[C@@H](Oc3nccc4c5c(ccc34)OC(F)(F)O5)CN2C(=O)[C@@H](NC(=O)OC(C)(C)C(F)(F)F)[C@H](C)C1. The molecular formula is C38H44F5N5O10S. The molecule has 1 saturated heterocycles. The number of amides is 4. The lowest BCUT2D eigenvalue weighted by Crippen LogP contribution is -2.59. The summed E-state index contributed by atoms with van der Waals surface area (Å²) >= 11 is 0. The Hall–Kier alpha value is -4.95. The predicted octanol–water partition coefficient (Wildman–Crippen LogP) is 4.84. The lowest BCUT2D eigenvalue weighted by Gasteiger charge is -2.34. The zero-order chi connectivity index (χ0) is 42.9. The van der Waals surface area contributed by atoms with Gasteiger partial charge in [-0.3, -0.25) is 19.1 Å². The van der Waals surface area contributed by atoms with Crippen molar-refractivity contribution >= 4 is 44.6 Å². The molecule has 2 saturated carbocycles.